The summed E-state index contributed by atoms with van der Waals surface area (Å²) in [4.78, 5) is 26.5. The fourth-order valence-corrected chi connectivity index (χ4v) is 1.06. The average Bonchev–Trinajstić information content (AvgIpc) is 2.34. The van der Waals surface area contributed by atoms with E-state index in [0.717, 1.165) is 0 Å². The maximum Gasteiger partial charge on any atom is 0.357 e. The Hall–Kier alpha value is -1.91. The number of hydrogen-bond donors (Lipinski definition) is 1. The number of esters is 1. The lowest BCUT2D eigenvalue weighted by atomic mass is 10.2. The summed E-state index contributed by atoms with van der Waals surface area (Å²) >= 11 is 0. The number of hydrogen-bond acceptors (Lipinski definition) is 4. The molecule has 1 aromatic rings. The van der Waals surface area contributed by atoms with Crippen LogP contribution in [0.2, 0.25) is 0 Å². The van der Waals surface area contributed by atoms with E-state index in [9.17, 15) is 9.59 Å². The van der Waals surface area contributed by atoms with Crippen LogP contribution in [0.15, 0.2) is 24.4 Å². The molecule has 5 nitrogen and oxygen atoms in total. The summed E-state index contributed by atoms with van der Waals surface area (Å²) in [6.45, 7) is 4.27. The van der Waals surface area contributed by atoms with Crippen LogP contribution in [0.5, 0.6) is 0 Å². The number of pyridine rings is 1. The largest absolute Gasteiger partial charge is 0.451 e. The van der Waals surface area contributed by atoms with Gasteiger partial charge < -0.3 is 10.1 Å². The summed E-state index contributed by atoms with van der Waals surface area (Å²) in [5, 5.41) is 2.65. The summed E-state index contributed by atoms with van der Waals surface area (Å²) in [6, 6.07) is 4.92. The van der Waals surface area contributed by atoms with Gasteiger partial charge in [0, 0.05) is 12.7 Å². The summed E-state index contributed by atoms with van der Waals surface area (Å²) in [6.07, 6.45) is 1.50. The lowest BCUT2D eigenvalue weighted by Crippen LogP contribution is -2.31. The van der Waals surface area contributed by atoms with Crippen molar-refractivity contribution in [1.29, 1.82) is 0 Å². The first kappa shape index (κ1) is 13.2. The second-order valence-corrected chi connectivity index (χ2v) is 3.99. The molecule has 92 valence electrons. The monoisotopic (exact) mass is 236 g/mol. The molecule has 1 rings (SSSR count). The molecule has 0 unspecified atom stereocenters. The van der Waals surface area contributed by atoms with Gasteiger partial charge in [0.2, 0.25) is 0 Å². The third-order valence-electron chi connectivity index (χ3n) is 1.92. The minimum atomic E-state index is -0.592. The van der Waals surface area contributed by atoms with Crippen LogP contribution in [-0.4, -0.2) is 30.0 Å². The predicted octanol–water partition coefficient (Wildman–Crippen LogP) is 1.01. The Labute approximate surface area is 100 Å². The number of carbonyl (C=O) groups excluding carboxylic acids is 2. The molecule has 0 aliphatic rings. The van der Waals surface area contributed by atoms with E-state index in [0.29, 0.717) is 12.5 Å². The molecule has 0 spiro atoms. The molecule has 0 saturated heterocycles. The Kier molecular flexibility index (Phi) is 5.13. The Balaban J connectivity index is 2.31. The fraction of sp³-hybridized carbons (Fsp3) is 0.417. The van der Waals surface area contributed by atoms with E-state index in [4.69, 9.17) is 4.74 Å². The van der Waals surface area contributed by atoms with E-state index in [1.54, 1.807) is 12.1 Å². The van der Waals surface area contributed by atoms with Crippen LogP contribution in [0.3, 0.4) is 0 Å². The normalized spacial score (nSPS) is 10.1. The predicted molar refractivity (Wildman–Crippen MR) is 62.4 cm³/mol. The highest BCUT2D eigenvalue weighted by molar-refractivity contribution is 5.89. The van der Waals surface area contributed by atoms with Gasteiger partial charge >= 0.3 is 5.97 Å². The summed E-state index contributed by atoms with van der Waals surface area (Å²) in [5.41, 5.74) is 0.198. The molecule has 0 aliphatic carbocycles. The molecule has 0 fully saturated rings. The molecule has 0 saturated carbocycles. The van der Waals surface area contributed by atoms with Gasteiger partial charge in [-0.2, -0.15) is 0 Å². The van der Waals surface area contributed by atoms with Crippen molar-refractivity contribution in [1.82, 2.24) is 10.3 Å². The zero-order valence-electron chi connectivity index (χ0n) is 9.97. The molecule has 0 radical (unpaired) electrons. The van der Waals surface area contributed by atoms with Gasteiger partial charge in [0.05, 0.1) is 0 Å². The molecule has 0 aliphatic heterocycles. The maximum absolute atomic E-state index is 11.4. The lowest BCUT2D eigenvalue weighted by Gasteiger charge is -2.07. The van der Waals surface area contributed by atoms with Crippen LogP contribution in [0.4, 0.5) is 0 Å². The van der Waals surface area contributed by atoms with E-state index in [2.05, 4.69) is 10.3 Å². The molecular weight excluding hydrogens is 220 g/mol. The van der Waals surface area contributed by atoms with Crippen molar-refractivity contribution in [2.24, 2.45) is 5.92 Å². The standard InChI is InChI=1S/C12H16N2O3/c1-9(2)7-14-11(15)8-17-12(16)10-5-3-4-6-13-10/h3-6,9H,7-8H2,1-2H3,(H,14,15). The van der Waals surface area contributed by atoms with Crippen LogP contribution >= 0.6 is 0 Å². The maximum atomic E-state index is 11.4. The molecule has 1 N–H and O–H groups in total. The SMILES string of the molecule is CC(C)CNC(=O)COC(=O)c1ccccn1. The molecule has 5 heteroatoms. The minimum Gasteiger partial charge on any atom is -0.451 e. The summed E-state index contributed by atoms with van der Waals surface area (Å²) in [7, 11) is 0. The topological polar surface area (TPSA) is 68.3 Å². The van der Waals surface area contributed by atoms with Crippen LogP contribution in [0.1, 0.15) is 24.3 Å². The minimum absolute atomic E-state index is 0.198. The number of carbonyl (C=O) groups is 2. The van der Waals surface area contributed by atoms with Crippen LogP contribution in [0.25, 0.3) is 0 Å². The Morgan fingerprint density at radius 3 is 2.76 bits per heavy atom. The molecule has 0 bridgehead atoms. The first-order chi connectivity index (χ1) is 8.09. The summed E-state index contributed by atoms with van der Waals surface area (Å²) in [5.74, 6) is -0.529. The summed E-state index contributed by atoms with van der Waals surface area (Å²) < 4.78 is 4.81. The molecular formula is C12H16N2O3. The zero-order valence-corrected chi connectivity index (χ0v) is 9.97. The van der Waals surface area contributed by atoms with Crippen molar-refractivity contribution in [3.63, 3.8) is 0 Å². The van der Waals surface area contributed by atoms with Crippen LogP contribution in [-0.2, 0) is 9.53 Å². The van der Waals surface area contributed by atoms with E-state index < -0.39 is 5.97 Å². The molecule has 1 amide bonds. The highest BCUT2D eigenvalue weighted by atomic mass is 16.5. The average molecular weight is 236 g/mol. The zero-order chi connectivity index (χ0) is 12.7. The van der Waals surface area contributed by atoms with E-state index in [1.807, 2.05) is 13.8 Å². The first-order valence-electron chi connectivity index (χ1n) is 5.44. The number of nitrogens with zero attached hydrogens (tertiary/aromatic N) is 1. The molecule has 17 heavy (non-hydrogen) atoms. The number of aromatic nitrogens is 1. The Morgan fingerprint density at radius 1 is 1.41 bits per heavy atom. The quantitative estimate of drug-likeness (QED) is 0.775. The highest BCUT2D eigenvalue weighted by Gasteiger charge is 2.10. The van der Waals surface area contributed by atoms with Gasteiger partial charge in [-0.15, -0.1) is 0 Å². The lowest BCUT2D eigenvalue weighted by molar-refractivity contribution is -0.124. The fourth-order valence-electron chi connectivity index (χ4n) is 1.06. The van der Waals surface area contributed by atoms with Crippen molar-refractivity contribution in [2.45, 2.75) is 13.8 Å². The Morgan fingerprint density at radius 2 is 2.18 bits per heavy atom. The second-order valence-electron chi connectivity index (χ2n) is 3.99. The van der Waals surface area contributed by atoms with Crippen LogP contribution in [0, 0.1) is 5.92 Å². The van der Waals surface area contributed by atoms with Gasteiger partial charge in [0.1, 0.15) is 5.69 Å². The van der Waals surface area contributed by atoms with Crippen molar-refractivity contribution in [3.8, 4) is 0 Å². The van der Waals surface area contributed by atoms with Crippen molar-refractivity contribution < 1.29 is 14.3 Å². The first-order valence-corrected chi connectivity index (χ1v) is 5.44. The number of ether oxygens (including phenoxy) is 1. The molecule has 1 aromatic heterocycles. The van der Waals surface area contributed by atoms with Crippen molar-refractivity contribution >= 4 is 11.9 Å². The van der Waals surface area contributed by atoms with E-state index in [-0.39, 0.29) is 18.2 Å². The van der Waals surface area contributed by atoms with E-state index in [1.165, 1.54) is 12.3 Å². The smallest absolute Gasteiger partial charge is 0.357 e. The number of nitrogens with one attached hydrogen (secondary N) is 1. The van der Waals surface area contributed by atoms with Gasteiger partial charge in [-0.25, -0.2) is 9.78 Å². The second kappa shape index (κ2) is 6.62. The van der Waals surface area contributed by atoms with Gasteiger partial charge in [0.25, 0.3) is 5.91 Å². The number of amides is 1. The number of rotatable bonds is 5. The van der Waals surface area contributed by atoms with Crippen molar-refractivity contribution in [2.75, 3.05) is 13.2 Å². The third-order valence-corrected chi connectivity index (χ3v) is 1.92. The van der Waals surface area contributed by atoms with Gasteiger partial charge in [-0.3, -0.25) is 4.79 Å². The highest BCUT2D eigenvalue weighted by Crippen LogP contribution is 1.96. The van der Waals surface area contributed by atoms with Crippen molar-refractivity contribution in [3.05, 3.63) is 30.1 Å². The van der Waals surface area contributed by atoms with Gasteiger partial charge in [0.15, 0.2) is 6.61 Å². The molecule has 0 aromatic carbocycles. The third kappa shape index (κ3) is 5.10. The van der Waals surface area contributed by atoms with Crippen LogP contribution < -0.4 is 5.32 Å². The Bertz CT molecular complexity index is 377. The van der Waals surface area contributed by atoms with Gasteiger partial charge in [-0.1, -0.05) is 19.9 Å². The molecule has 0 atom stereocenters. The van der Waals surface area contributed by atoms with E-state index >= 15 is 0 Å². The van der Waals surface area contributed by atoms with Gasteiger partial charge in [-0.05, 0) is 18.1 Å². The molecule has 1 heterocycles.